The van der Waals surface area contributed by atoms with Crippen LogP contribution in [0.5, 0.6) is 0 Å². The molecule has 1 amide bonds. The van der Waals surface area contributed by atoms with Gasteiger partial charge in [-0.3, -0.25) is 9.59 Å². The van der Waals surface area contributed by atoms with Gasteiger partial charge < -0.3 is 10.0 Å². The predicted molar refractivity (Wildman–Crippen MR) is 51.8 cm³/mol. The number of rotatable bonds is 5. The molecule has 4 nitrogen and oxygen atoms in total. The van der Waals surface area contributed by atoms with Crippen LogP contribution >= 0.6 is 0 Å². The normalized spacial score (nSPS) is 21.6. The van der Waals surface area contributed by atoms with E-state index in [0.717, 1.165) is 25.9 Å². The number of hydrogen-bond acceptors (Lipinski definition) is 2. The van der Waals surface area contributed by atoms with Gasteiger partial charge in [-0.15, -0.1) is 0 Å². The third-order valence-corrected chi connectivity index (χ3v) is 2.61. The maximum Gasteiger partial charge on any atom is 0.303 e. The molecule has 1 heterocycles. The Labute approximate surface area is 83.9 Å². The molecule has 80 valence electrons. The lowest BCUT2D eigenvalue weighted by atomic mass is 10.0. The molecule has 0 aromatic heterocycles. The largest absolute Gasteiger partial charge is 0.481 e. The van der Waals surface area contributed by atoms with E-state index in [0.29, 0.717) is 6.42 Å². The Bertz CT molecular complexity index is 227. The number of carboxylic acids is 1. The lowest BCUT2D eigenvalue weighted by Crippen LogP contribution is -2.28. The van der Waals surface area contributed by atoms with E-state index in [9.17, 15) is 9.59 Å². The molecule has 4 heteroatoms. The summed E-state index contributed by atoms with van der Waals surface area (Å²) >= 11 is 0. The number of carbonyl (C=O) groups is 2. The quantitative estimate of drug-likeness (QED) is 0.721. The van der Waals surface area contributed by atoms with Gasteiger partial charge in [-0.25, -0.2) is 0 Å². The van der Waals surface area contributed by atoms with Crippen LogP contribution in [0.25, 0.3) is 0 Å². The maximum absolute atomic E-state index is 11.6. The molecule has 14 heavy (non-hydrogen) atoms. The molecule has 1 rings (SSSR count). The molecule has 0 saturated carbocycles. The Kier molecular flexibility index (Phi) is 3.92. The van der Waals surface area contributed by atoms with E-state index < -0.39 is 5.97 Å². The molecular weight excluding hydrogens is 182 g/mol. The third kappa shape index (κ3) is 2.72. The minimum Gasteiger partial charge on any atom is -0.481 e. The van der Waals surface area contributed by atoms with Crippen molar-refractivity contribution in [3.8, 4) is 0 Å². The third-order valence-electron chi connectivity index (χ3n) is 2.61. The molecule has 1 atom stereocenters. The van der Waals surface area contributed by atoms with E-state index >= 15 is 0 Å². The summed E-state index contributed by atoms with van der Waals surface area (Å²) in [5, 5.41) is 8.50. The van der Waals surface area contributed by atoms with Crippen molar-refractivity contribution in [1.29, 1.82) is 0 Å². The van der Waals surface area contributed by atoms with Gasteiger partial charge in [0.25, 0.3) is 0 Å². The molecule has 0 aromatic rings. The van der Waals surface area contributed by atoms with Crippen molar-refractivity contribution in [2.45, 2.75) is 32.6 Å². The summed E-state index contributed by atoms with van der Waals surface area (Å²) in [6.45, 7) is 3.65. The highest BCUT2D eigenvalue weighted by Crippen LogP contribution is 2.22. The summed E-state index contributed by atoms with van der Waals surface area (Å²) in [5.74, 6) is -0.711. The minimum atomic E-state index is -0.813. The molecule has 0 radical (unpaired) electrons. The van der Waals surface area contributed by atoms with E-state index in [2.05, 4.69) is 0 Å². The average molecular weight is 199 g/mol. The smallest absolute Gasteiger partial charge is 0.303 e. The van der Waals surface area contributed by atoms with Gasteiger partial charge in [-0.05, 0) is 19.3 Å². The lowest BCUT2D eigenvalue weighted by Gasteiger charge is -2.14. The van der Waals surface area contributed by atoms with Crippen LogP contribution in [-0.2, 0) is 9.59 Å². The van der Waals surface area contributed by atoms with E-state index in [4.69, 9.17) is 5.11 Å². The number of nitrogens with zero attached hydrogens (tertiary/aromatic N) is 1. The van der Waals surface area contributed by atoms with Crippen molar-refractivity contribution in [1.82, 2.24) is 4.90 Å². The van der Waals surface area contributed by atoms with Crippen molar-refractivity contribution in [2.24, 2.45) is 5.92 Å². The average Bonchev–Trinajstić information content (AvgIpc) is 2.46. The first kappa shape index (κ1) is 11.0. The van der Waals surface area contributed by atoms with Crippen molar-refractivity contribution >= 4 is 11.9 Å². The molecule has 1 N–H and O–H groups in total. The van der Waals surface area contributed by atoms with Gasteiger partial charge >= 0.3 is 5.97 Å². The fraction of sp³-hybridized carbons (Fsp3) is 0.800. The van der Waals surface area contributed by atoms with Gasteiger partial charge in [0.1, 0.15) is 0 Å². The predicted octanol–water partition coefficient (Wildman–Crippen LogP) is 1.11. The second-order valence-corrected chi connectivity index (χ2v) is 3.74. The SMILES string of the molecule is CCCN1CCC(CCC(=O)O)C1=O. The Balaban J connectivity index is 2.35. The molecule has 1 aliphatic heterocycles. The second kappa shape index (κ2) is 4.98. The highest BCUT2D eigenvalue weighted by atomic mass is 16.4. The van der Waals surface area contributed by atoms with Crippen molar-refractivity contribution < 1.29 is 14.7 Å². The number of aliphatic carboxylic acids is 1. The zero-order chi connectivity index (χ0) is 10.6. The molecular formula is C10H17NO3. The fourth-order valence-electron chi connectivity index (χ4n) is 1.86. The number of amides is 1. The monoisotopic (exact) mass is 199 g/mol. The number of likely N-dealkylation sites (tertiary alicyclic amines) is 1. The fourth-order valence-corrected chi connectivity index (χ4v) is 1.86. The van der Waals surface area contributed by atoms with Crippen molar-refractivity contribution in [3.63, 3.8) is 0 Å². The molecule has 0 aromatic carbocycles. The van der Waals surface area contributed by atoms with Crippen LogP contribution in [0.3, 0.4) is 0 Å². The zero-order valence-electron chi connectivity index (χ0n) is 8.53. The highest BCUT2D eigenvalue weighted by Gasteiger charge is 2.30. The van der Waals surface area contributed by atoms with Crippen LogP contribution in [-0.4, -0.2) is 35.0 Å². The van der Waals surface area contributed by atoms with Crippen LogP contribution in [0.2, 0.25) is 0 Å². The number of carbonyl (C=O) groups excluding carboxylic acids is 1. The molecule has 1 fully saturated rings. The minimum absolute atomic E-state index is 0.0438. The highest BCUT2D eigenvalue weighted by molar-refractivity contribution is 5.81. The van der Waals surface area contributed by atoms with E-state index in [1.807, 2.05) is 11.8 Å². The van der Waals surface area contributed by atoms with Gasteiger partial charge in [0.05, 0.1) is 0 Å². The molecule has 1 saturated heterocycles. The van der Waals surface area contributed by atoms with E-state index in [1.54, 1.807) is 0 Å². The molecule has 1 unspecified atom stereocenters. The summed E-state index contributed by atoms with van der Waals surface area (Å²) in [6.07, 6.45) is 2.40. The Hall–Kier alpha value is -1.06. The summed E-state index contributed by atoms with van der Waals surface area (Å²) < 4.78 is 0. The van der Waals surface area contributed by atoms with Gasteiger partial charge in [0.2, 0.25) is 5.91 Å². The van der Waals surface area contributed by atoms with Crippen LogP contribution < -0.4 is 0 Å². The van der Waals surface area contributed by atoms with Gasteiger partial charge in [0.15, 0.2) is 0 Å². The first-order valence-corrected chi connectivity index (χ1v) is 5.15. The number of hydrogen-bond donors (Lipinski definition) is 1. The molecule has 0 bridgehead atoms. The molecule has 1 aliphatic rings. The Morgan fingerprint density at radius 1 is 1.64 bits per heavy atom. The van der Waals surface area contributed by atoms with Crippen molar-refractivity contribution in [2.75, 3.05) is 13.1 Å². The maximum atomic E-state index is 11.6. The Morgan fingerprint density at radius 2 is 2.36 bits per heavy atom. The van der Waals surface area contributed by atoms with Crippen LogP contribution in [0.1, 0.15) is 32.6 Å². The topological polar surface area (TPSA) is 57.6 Å². The van der Waals surface area contributed by atoms with Gasteiger partial charge in [0, 0.05) is 25.4 Å². The summed E-state index contributed by atoms with van der Waals surface area (Å²) in [7, 11) is 0. The first-order valence-electron chi connectivity index (χ1n) is 5.15. The van der Waals surface area contributed by atoms with E-state index in [1.165, 1.54) is 0 Å². The summed E-state index contributed by atoms with van der Waals surface area (Å²) in [4.78, 5) is 23.8. The zero-order valence-corrected chi connectivity index (χ0v) is 8.53. The van der Waals surface area contributed by atoms with Crippen LogP contribution in [0, 0.1) is 5.92 Å². The molecule has 0 spiro atoms. The standard InChI is InChI=1S/C10H17NO3/c1-2-6-11-7-5-8(10(11)14)3-4-9(12)13/h8H,2-7H2,1H3,(H,12,13). The lowest BCUT2D eigenvalue weighted by molar-refractivity contribution is -0.137. The van der Waals surface area contributed by atoms with Gasteiger partial charge in [-0.1, -0.05) is 6.92 Å². The van der Waals surface area contributed by atoms with E-state index in [-0.39, 0.29) is 18.2 Å². The summed E-state index contributed by atoms with van der Waals surface area (Å²) in [6, 6.07) is 0. The second-order valence-electron chi connectivity index (χ2n) is 3.74. The first-order chi connectivity index (χ1) is 6.65. The van der Waals surface area contributed by atoms with Crippen LogP contribution in [0.4, 0.5) is 0 Å². The number of carboxylic acid groups (broad SMARTS) is 1. The van der Waals surface area contributed by atoms with Crippen LogP contribution in [0.15, 0.2) is 0 Å². The Morgan fingerprint density at radius 3 is 2.93 bits per heavy atom. The summed E-state index contributed by atoms with van der Waals surface area (Å²) in [5.41, 5.74) is 0. The van der Waals surface area contributed by atoms with Gasteiger partial charge in [-0.2, -0.15) is 0 Å². The van der Waals surface area contributed by atoms with Crippen molar-refractivity contribution in [3.05, 3.63) is 0 Å². The molecule has 0 aliphatic carbocycles.